The second kappa shape index (κ2) is 10.6. The number of aliphatic hydroxyl groups excluding tert-OH is 1. The first-order chi connectivity index (χ1) is 8.02. The fourth-order valence-electron chi connectivity index (χ4n) is 1.94. The van der Waals surface area contributed by atoms with Crippen LogP contribution in [0, 0.1) is 5.92 Å². The minimum Gasteiger partial charge on any atom is -0.481 e. The number of carboxylic acids is 1. The van der Waals surface area contributed by atoms with Crippen molar-refractivity contribution >= 4 is 5.97 Å². The maximum Gasteiger partial charge on any atom is 0.305 e. The Morgan fingerprint density at radius 2 is 1.41 bits per heavy atom. The molecule has 0 aliphatic carbocycles. The van der Waals surface area contributed by atoms with Crippen LogP contribution in [0.1, 0.15) is 71.6 Å². The van der Waals surface area contributed by atoms with Crippen LogP contribution < -0.4 is 0 Å². The van der Waals surface area contributed by atoms with E-state index in [9.17, 15) is 9.90 Å². The van der Waals surface area contributed by atoms with Gasteiger partial charge in [0.2, 0.25) is 0 Å². The van der Waals surface area contributed by atoms with Gasteiger partial charge in [-0.05, 0) is 12.3 Å². The number of aliphatic carboxylic acids is 1. The molecule has 0 fully saturated rings. The van der Waals surface area contributed by atoms with E-state index in [2.05, 4.69) is 13.8 Å². The third-order valence-corrected chi connectivity index (χ3v) is 2.98. The summed E-state index contributed by atoms with van der Waals surface area (Å²) in [6.07, 6.45) is 8.31. The van der Waals surface area contributed by atoms with E-state index in [1.165, 1.54) is 32.1 Å². The second-order valence-corrected chi connectivity index (χ2v) is 5.34. The van der Waals surface area contributed by atoms with Crippen LogP contribution >= 0.6 is 0 Å². The maximum atomic E-state index is 10.3. The van der Waals surface area contributed by atoms with E-state index in [0.717, 1.165) is 18.8 Å². The average molecular weight is 244 g/mol. The number of unbranched alkanes of at least 4 members (excludes halogenated alkanes) is 5. The minimum absolute atomic E-state index is 0.117. The van der Waals surface area contributed by atoms with Gasteiger partial charge in [0.15, 0.2) is 0 Å². The molecule has 0 aromatic carbocycles. The molecule has 0 aromatic rings. The number of hydrogen-bond donors (Lipinski definition) is 2. The van der Waals surface area contributed by atoms with Crippen LogP contribution in [-0.2, 0) is 4.79 Å². The zero-order chi connectivity index (χ0) is 13.1. The summed E-state index contributed by atoms with van der Waals surface area (Å²) >= 11 is 0. The topological polar surface area (TPSA) is 57.5 Å². The van der Waals surface area contributed by atoms with Crippen molar-refractivity contribution in [3.8, 4) is 0 Å². The predicted molar refractivity (Wildman–Crippen MR) is 70.0 cm³/mol. The van der Waals surface area contributed by atoms with E-state index in [1.54, 1.807) is 0 Å². The normalized spacial score (nSPS) is 12.9. The molecule has 2 N–H and O–H groups in total. The summed E-state index contributed by atoms with van der Waals surface area (Å²) in [4.78, 5) is 10.3. The molecule has 0 heterocycles. The van der Waals surface area contributed by atoms with E-state index in [-0.39, 0.29) is 6.42 Å². The minimum atomic E-state index is -0.911. The Bertz CT molecular complexity index is 190. The third-order valence-electron chi connectivity index (χ3n) is 2.98. The van der Waals surface area contributed by atoms with E-state index in [0.29, 0.717) is 6.42 Å². The summed E-state index contributed by atoms with van der Waals surface area (Å²) in [6, 6.07) is 0. The zero-order valence-corrected chi connectivity index (χ0v) is 11.3. The van der Waals surface area contributed by atoms with Gasteiger partial charge in [0, 0.05) is 0 Å². The summed E-state index contributed by atoms with van der Waals surface area (Å²) < 4.78 is 0. The van der Waals surface area contributed by atoms with Crippen LogP contribution in [0.25, 0.3) is 0 Å². The molecule has 3 heteroatoms. The van der Waals surface area contributed by atoms with Crippen molar-refractivity contribution in [1.82, 2.24) is 0 Å². The Labute approximate surface area is 105 Å². The molecular formula is C14H28O3. The van der Waals surface area contributed by atoms with Crippen molar-refractivity contribution < 1.29 is 15.0 Å². The van der Waals surface area contributed by atoms with Crippen LogP contribution in [0.5, 0.6) is 0 Å². The Morgan fingerprint density at radius 1 is 0.941 bits per heavy atom. The Hall–Kier alpha value is -0.570. The highest BCUT2D eigenvalue weighted by molar-refractivity contribution is 5.67. The van der Waals surface area contributed by atoms with Gasteiger partial charge < -0.3 is 10.2 Å². The molecule has 0 rings (SSSR count). The largest absolute Gasteiger partial charge is 0.481 e. The standard InChI is InChI=1S/C14H28O3/c1-12(2)9-7-5-3-4-6-8-10-13(15)11-14(16)17/h12-13,15H,3-11H2,1-2H3,(H,16,17)/t13-/m1/s1. The second-order valence-electron chi connectivity index (χ2n) is 5.34. The summed E-state index contributed by atoms with van der Waals surface area (Å²) in [5.74, 6) is -0.104. The van der Waals surface area contributed by atoms with Gasteiger partial charge in [-0.2, -0.15) is 0 Å². The first-order valence-corrected chi connectivity index (χ1v) is 6.92. The lowest BCUT2D eigenvalue weighted by molar-refractivity contribution is -0.139. The van der Waals surface area contributed by atoms with E-state index in [1.807, 2.05) is 0 Å². The summed E-state index contributed by atoms with van der Waals surface area (Å²) in [7, 11) is 0. The predicted octanol–water partition coefficient (Wildman–Crippen LogP) is 3.60. The molecule has 0 saturated carbocycles. The number of carboxylic acid groups (broad SMARTS) is 1. The van der Waals surface area contributed by atoms with Gasteiger partial charge in [0.05, 0.1) is 12.5 Å². The van der Waals surface area contributed by atoms with Gasteiger partial charge in [0.1, 0.15) is 0 Å². The molecule has 0 aliphatic rings. The summed E-state index contributed by atoms with van der Waals surface area (Å²) in [5.41, 5.74) is 0. The Kier molecular flexibility index (Phi) is 10.2. The van der Waals surface area contributed by atoms with Crippen LogP contribution in [-0.4, -0.2) is 22.3 Å². The quantitative estimate of drug-likeness (QED) is 0.546. The van der Waals surface area contributed by atoms with Gasteiger partial charge in [-0.25, -0.2) is 0 Å². The van der Waals surface area contributed by atoms with Crippen LogP contribution in [0.15, 0.2) is 0 Å². The van der Waals surface area contributed by atoms with E-state index in [4.69, 9.17) is 5.11 Å². The fourth-order valence-corrected chi connectivity index (χ4v) is 1.94. The molecule has 3 nitrogen and oxygen atoms in total. The lowest BCUT2D eigenvalue weighted by atomic mass is 10.0. The first kappa shape index (κ1) is 16.4. The lowest BCUT2D eigenvalue weighted by Gasteiger charge is -2.07. The average Bonchev–Trinajstić information content (AvgIpc) is 2.20. The van der Waals surface area contributed by atoms with Crippen molar-refractivity contribution in [2.45, 2.75) is 77.7 Å². The lowest BCUT2D eigenvalue weighted by Crippen LogP contribution is -2.12. The smallest absolute Gasteiger partial charge is 0.305 e. The molecule has 102 valence electrons. The number of hydrogen-bond acceptors (Lipinski definition) is 2. The molecule has 17 heavy (non-hydrogen) atoms. The summed E-state index contributed by atoms with van der Waals surface area (Å²) in [6.45, 7) is 4.51. The number of carbonyl (C=O) groups is 1. The SMILES string of the molecule is CC(C)CCCCCCCC[C@@H](O)CC(=O)O. The van der Waals surface area contributed by atoms with Gasteiger partial charge in [-0.1, -0.05) is 58.8 Å². The van der Waals surface area contributed by atoms with Gasteiger partial charge in [-0.15, -0.1) is 0 Å². The molecule has 0 amide bonds. The van der Waals surface area contributed by atoms with Crippen molar-refractivity contribution in [1.29, 1.82) is 0 Å². The van der Waals surface area contributed by atoms with Crippen LogP contribution in [0.3, 0.4) is 0 Å². The molecule has 0 aromatic heterocycles. The highest BCUT2D eigenvalue weighted by Crippen LogP contribution is 2.13. The molecular weight excluding hydrogens is 216 g/mol. The van der Waals surface area contributed by atoms with Gasteiger partial charge in [-0.3, -0.25) is 4.79 Å². The third kappa shape index (κ3) is 13.4. The monoisotopic (exact) mass is 244 g/mol. The molecule has 0 spiro atoms. The van der Waals surface area contributed by atoms with Gasteiger partial charge in [0.25, 0.3) is 0 Å². The molecule has 0 saturated heterocycles. The summed E-state index contributed by atoms with van der Waals surface area (Å²) in [5, 5.41) is 17.8. The van der Waals surface area contributed by atoms with E-state index < -0.39 is 12.1 Å². The Morgan fingerprint density at radius 3 is 1.88 bits per heavy atom. The van der Waals surface area contributed by atoms with Crippen molar-refractivity contribution in [3.05, 3.63) is 0 Å². The number of rotatable bonds is 11. The highest BCUT2D eigenvalue weighted by atomic mass is 16.4. The first-order valence-electron chi connectivity index (χ1n) is 6.92. The Balaban J connectivity index is 3.15. The molecule has 0 radical (unpaired) electrons. The van der Waals surface area contributed by atoms with Crippen molar-refractivity contribution in [2.75, 3.05) is 0 Å². The van der Waals surface area contributed by atoms with Crippen molar-refractivity contribution in [2.24, 2.45) is 5.92 Å². The number of aliphatic hydroxyl groups is 1. The van der Waals surface area contributed by atoms with Crippen LogP contribution in [0.2, 0.25) is 0 Å². The zero-order valence-electron chi connectivity index (χ0n) is 11.3. The van der Waals surface area contributed by atoms with E-state index >= 15 is 0 Å². The maximum absolute atomic E-state index is 10.3. The van der Waals surface area contributed by atoms with Crippen LogP contribution in [0.4, 0.5) is 0 Å². The molecule has 1 atom stereocenters. The molecule has 0 aliphatic heterocycles. The fraction of sp³-hybridized carbons (Fsp3) is 0.929. The highest BCUT2D eigenvalue weighted by Gasteiger charge is 2.08. The molecule has 0 bridgehead atoms. The molecule has 0 unspecified atom stereocenters. The van der Waals surface area contributed by atoms with Gasteiger partial charge >= 0.3 is 5.97 Å². The van der Waals surface area contributed by atoms with Crippen molar-refractivity contribution in [3.63, 3.8) is 0 Å².